The van der Waals surface area contributed by atoms with Crippen LogP contribution >= 0.6 is 0 Å². The summed E-state index contributed by atoms with van der Waals surface area (Å²) in [5, 5.41) is 9.51. The van der Waals surface area contributed by atoms with Gasteiger partial charge in [0.1, 0.15) is 0 Å². The average Bonchev–Trinajstić information content (AvgIpc) is 2.89. The Balaban J connectivity index is 1.99. The zero-order valence-electron chi connectivity index (χ0n) is 17.6. The molecule has 1 N–H and O–H groups in total. The highest BCUT2D eigenvalue weighted by Crippen LogP contribution is 2.43. The zero-order valence-corrected chi connectivity index (χ0v) is 17.6. The number of anilines is 4. The molecule has 9 heteroatoms. The lowest BCUT2D eigenvalue weighted by atomic mass is 10.1. The van der Waals surface area contributed by atoms with Crippen molar-refractivity contribution in [2.75, 3.05) is 21.2 Å². The van der Waals surface area contributed by atoms with Crippen molar-refractivity contribution in [2.24, 2.45) is 0 Å². The van der Waals surface area contributed by atoms with Crippen molar-refractivity contribution in [3.8, 4) is 0 Å². The molecular weight excluding hydrogens is 435 g/mol. The van der Waals surface area contributed by atoms with Crippen LogP contribution in [0, 0.1) is 0 Å². The van der Waals surface area contributed by atoms with E-state index in [1.807, 2.05) is 0 Å². The summed E-state index contributed by atoms with van der Waals surface area (Å²) in [6, 6.07) is 15.8. The normalized spacial score (nSPS) is 14.4. The highest BCUT2D eigenvalue weighted by Gasteiger charge is 2.41. The number of para-hydroxylation sites is 1. The molecule has 33 heavy (non-hydrogen) atoms. The van der Waals surface area contributed by atoms with Crippen molar-refractivity contribution in [3.05, 3.63) is 83.9 Å². The lowest BCUT2D eigenvalue weighted by Gasteiger charge is -2.27. The molecule has 0 saturated carbocycles. The van der Waals surface area contributed by atoms with E-state index in [1.54, 1.807) is 49.4 Å². The first-order valence-corrected chi connectivity index (χ1v) is 10.2. The number of halogens is 3. The number of alkyl halides is 3. The third-order valence-corrected chi connectivity index (χ3v) is 5.32. The minimum atomic E-state index is -4.64. The monoisotopic (exact) mass is 455 g/mol. The largest absolute Gasteiger partial charge is 0.416 e. The molecule has 0 saturated heterocycles. The van der Waals surface area contributed by atoms with Crippen LogP contribution in [0.5, 0.6) is 0 Å². The van der Waals surface area contributed by atoms with E-state index in [9.17, 15) is 27.9 Å². The highest BCUT2D eigenvalue weighted by atomic mass is 19.4. The van der Waals surface area contributed by atoms with E-state index >= 15 is 0 Å². The molecule has 1 aliphatic heterocycles. The molecule has 0 fully saturated rings. The zero-order chi connectivity index (χ0) is 23.8. The van der Waals surface area contributed by atoms with Crippen LogP contribution < -0.4 is 14.7 Å². The number of benzene rings is 3. The van der Waals surface area contributed by atoms with Crippen LogP contribution in [0.25, 0.3) is 0 Å². The standard InChI is InChI=1S/C24H20F3N3O3/c1-2-28-20-12-11-17(24(25,26)27)14-21(20)29(18-8-4-3-5-9-18)23(33)30(22(28)32)19-10-6-7-16(13-19)15-31/h3-14,31H,2,15H2,1H3. The number of carbonyl (C=O) groups excluding carboxylic acids is 2. The maximum Gasteiger partial charge on any atom is 0.416 e. The average molecular weight is 455 g/mol. The molecule has 0 radical (unpaired) electrons. The molecule has 4 rings (SSSR count). The molecule has 0 bridgehead atoms. The number of aliphatic hydroxyl groups is 1. The number of imide groups is 1. The molecule has 0 spiro atoms. The maximum absolute atomic E-state index is 13.8. The number of hydrogen-bond donors (Lipinski definition) is 1. The molecular formula is C24H20F3N3O3. The van der Waals surface area contributed by atoms with Crippen LogP contribution in [0.4, 0.5) is 45.5 Å². The summed E-state index contributed by atoms with van der Waals surface area (Å²) < 4.78 is 40.6. The van der Waals surface area contributed by atoms with E-state index in [1.165, 1.54) is 23.1 Å². The Kier molecular flexibility index (Phi) is 5.82. The van der Waals surface area contributed by atoms with Crippen molar-refractivity contribution in [1.29, 1.82) is 0 Å². The van der Waals surface area contributed by atoms with Gasteiger partial charge in [0.2, 0.25) is 0 Å². The Hall–Kier alpha value is -3.85. The molecule has 0 atom stereocenters. The van der Waals surface area contributed by atoms with Gasteiger partial charge in [-0.2, -0.15) is 13.2 Å². The van der Waals surface area contributed by atoms with Gasteiger partial charge in [0, 0.05) is 6.54 Å². The fraction of sp³-hybridized carbons (Fsp3) is 0.167. The minimum Gasteiger partial charge on any atom is -0.392 e. The summed E-state index contributed by atoms with van der Waals surface area (Å²) in [6.07, 6.45) is -4.64. The van der Waals surface area contributed by atoms with Crippen molar-refractivity contribution >= 4 is 34.8 Å². The van der Waals surface area contributed by atoms with Gasteiger partial charge in [0.05, 0.1) is 34.9 Å². The second kappa shape index (κ2) is 8.59. The predicted molar refractivity (Wildman–Crippen MR) is 119 cm³/mol. The van der Waals surface area contributed by atoms with Crippen LogP contribution in [-0.2, 0) is 12.8 Å². The molecule has 1 heterocycles. The lowest BCUT2D eigenvalue weighted by Crippen LogP contribution is -2.48. The predicted octanol–water partition coefficient (Wildman–Crippen LogP) is 5.92. The molecule has 3 aromatic carbocycles. The Morgan fingerprint density at radius 1 is 0.788 bits per heavy atom. The molecule has 0 aromatic heterocycles. The topological polar surface area (TPSA) is 64.1 Å². The van der Waals surface area contributed by atoms with E-state index < -0.39 is 23.8 Å². The third-order valence-electron chi connectivity index (χ3n) is 5.32. The molecule has 3 aromatic rings. The second-order valence-corrected chi connectivity index (χ2v) is 7.35. The minimum absolute atomic E-state index is 0.0583. The number of urea groups is 2. The highest BCUT2D eigenvalue weighted by molar-refractivity contribution is 6.28. The smallest absolute Gasteiger partial charge is 0.392 e. The summed E-state index contributed by atoms with van der Waals surface area (Å²) in [5.74, 6) is 0. The maximum atomic E-state index is 13.8. The van der Waals surface area contributed by atoms with Gasteiger partial charge in [-0.25, -0.2) is 14.5 Å². The first-order chi connectivity index (χ1) is 15.8. The second-order valence-electron chi connectivity index (χ2n) is 7.35. The Morgan fingerprint density at radius 3 is 2.12 bits per heavy atom. The van der Waals surface area contributed by atoms with E-state index in [2.05, 4.69) is 0 Å². The summed E-state index contributed by atoms with van der Waals surface area (Å²) >= 11 is 0. The van der Waals surface area contributed by atoms with Crippen LogP contribution in [-0.4, -0.2) is 23.7 Å². The molecule has 0 aliphatic carbocycles. The molecule has 6 nitrogen and oxygen atoms in total. The molecule has 170 valence electrons. The van der Waals surface area contributed by atoms with E-state index in [-0.39, 0.29) is 30.2 Å². The van der Waals surface area contributed by atoms with Crippen LogP contribution in [0.1, 0.15) is 18.1 Å². The van der Waals surface area contributed by atoms with Crippen molar-refractivity contribution < 1.29 is 27.9 Å². The van der Waals surface area contributed by atoms with Crippen LogP contribution in [0.3, 0.4) is 0 Å². The van der Waals surface area contributed by atoms with Crippen molar-refractivity contribution in [1.82, 2.24) is 0 Å². The van der Waals surface area contributed by atoms with E-state index in [0.29, 0.717) is 11.3 Å². The van der Waals surface area contributed by atoms with Crippen LogP contribution in [0.15, 0.2) is 72.8 Å². The van der Waals surface area contributed by atoms with Crippen molar-refractivity contribution in [3.63, 3.8) is 0 Å². The number of rotatable bonds is 4. The lowest BCUT2D eigenvalue weighted by molar-refractivity contribution is -0.137. The summed E-state index contributed by atoms with van der Waals surface area (Å²) in [5.41, 5.74) is 0.153. The molecule has 1 aliphatic rings. The number of carbonyl (C=O) groups is 2. The number of nitrogens with zero attached hydrogens (tertiary/aromatic N) is 3. The quantitative estimate of drug-likeness (QED) is 0.531. The summed E-state index contributed by atoms with van der Waals surface area (Å²) in [4.78, 5) is 30.6. The Labute approximate surface area is 188 Å². The first-order valence-electron chi connectivity index (χ1n) is 10.2. The first kappa shape index (κ1) is 22.3. The van der Waals surface area contributed by atoms with Gasteiger partial charge in [0.15, 0.2) is 0 Å². The Morgan fingerprint density at radius 2 is 1.48 bits per heavy atom. The fourth-order valence-electron chi connectivity index (χ4n) is 3.76. The van der Waals surface area contributed by atoms with Gasteiger partial charge in [-0.1, -0.05) is 30.3 Å². The van der Waals surface area contributed by atoms with Crippen LogP contribution in [0.2, 0.25) is 0 Å². The van der Waals surface area contributed by atoms with Gasteiger partial charge in [-0.15, -0.1) is 0 Å². The number of hydrogen-bond acceptors (Lipinski definition) is 3. The van der Waals surface area contributed by atoms with E-state index in [0.717, 1.165) is 21.9 Å². The number of aliphatic hydroxyl groups excluding tert-OH is 1. The van der Waals surface area contributed by atoms with Gasteiger partial charge in [0.25, 0.3) is 0 Å². The van der Waals surface area contributed by atoms with Crippen molar-refractivity contribution in [2.45, 2.75) is 19.7 Å². The SMILES string of the molecule is CCN1C(=O)N(c2cccc(CO)c2)C(=O)N(c2ccccc2)c2cc(C(F)(F)F)ccc21. The summed E-state index contributed by atoms with van der Waals surface area (Å²) in [6.45, 7) is 1.48. The molecule has 0 unspecified atom stereocenters. The summed E-state index contributed by atoms with van der Waals surface area (Å²) in [7, 11) is 0. The third kappa shape index (κ3) is 4.03. The molecule has 4 amide bonds. The van der Waals surface area contributed by atoms with Gasteiger partial charge >= 0.3 is 18.2 Å². The van der Waals surface area contributed by atoms with Gasteiger partial charge in [-0.05, 0) is 55.0 Å². The van der Waals surface area contributed by atoms with Gasteiger partial charge < -0.3 is 5.11 Å². The van der Waals surface area contributed by atoms with Gasteiger partial charge in [-0.3, -0.25) is 9.80 Å². The fourth-order valence-corrected chi connectivity index (χ4v) is 3.76. The number of amides is 4. The number of fused-ring (bicyclic) bond motifs is 1. The van der Waals surface area contributed by atoms with E-state index in [4.69, 9.17) is 0 Å². The Bertz CT molecular complexity index is 1200.